The summed E-state index contributed by atoms with van der Waals surface area (Å²) < 4.78 is 79.8. The number of nitrogen functional groups attached to an aromatic ring is 1. The Bertz CT molecular complexity index is 3250. The van der Waals surface area contributed by atoms with E-state index < -0.39 is 61.1 Å². The van der Waals surface area contributed by atoms with Gasteiger partial charge in [0.15, 0.2) is 10.6 Å². The smallest absolute Gasteiger partial charge is 0.335 e. The second-order valence-corrected chi connectivity index (χ2v) is 25.1. The number of nitrogens with one attached hydrogen (secondary N) is 3. The number of halogens is 1. The van der Waals surface area contributed by atoms with Crippen LogP contribution in [0.15, 0.2) is 65.4 Å². The van der Waals surface area contributed by atoms with Crippen LogP contribution in [0.25, 0.3) is 21.9 Å². The van der Waals surface area contributed by atoms with Crippen molar-refractivity contribution in [2.24, 2.45) is 5.73 Å². The molecule has 0 aliphatic carbocycles. The van der Waals surface area contributed by atoms with Crippen LogP contribution in [-0.4, -0.2) is 298 Å². The standard InChI is InChI=1S/C69H104BrN9O23/c1-79(2,45-49-9-7-48(8-10-49)44-78-61-52-13-12-51(67(87)88)43-54(52)76-65(72)60(61)77-69(78)70)46-50-11-14-56(101-68-64(85)63(84)62(83)57(47-80)102-68)55(42-50)75-59(82)15-18-74-66(86)53(71)6-4-5-17-73-58(81)16-19-90-22-23-92-26-27-94-30-31-96-34-35-98-38-39-100-41-40-99-37-36-97-33-32-95-29-28-93-25-24-91-21-20-89-3/h7-14,42-43,53,57,62-64,68,80,83-85H,4-6,15-41,44-47,71H2,1-3H3,(H5-,72,73,74,75,76,81,82,86,87,88)/p+1/t53?,57?,62-,63?,64?,68+/m1/s1. The van der Waals surface area contributed by atoms with E-state index >= 15 is 0 Å². The molecule has 1 saturated heterocycles. The van der Waals surface area contributed by atoms with Crippen molar-refractivity contribution in [3.05, 3.63) is 87.7 Å². The number of amides is 3. The number of quaternary nitrogens is 1. The van der Waals surface area contributed by atoms with Crippen molar-refractivity contribution in [1.29, 1.82) is 0 Å². The zero-order chi connectivity index (χ0) is 73.3. The summed E-state index contributed by atoms with van der Waals surface area (Å²) in [5.41, 5.74) is 17.2. The number of fused-ring (bicyclic) bond motifs is 3. The van der Waals surface area contributed by atoms with Gasteiger partial charge in [0.2, 0.25) is 24.0 Å². The minimum atomic E-state index is -1.72. The van der Waals surface area contributed by atoms with Crippen molar-refractivity contribution >= 4 is 73.1 Å². The average molecular weight is 1510 g/mol. The molecular weight excluding hydrogens is 1400 g/mol. The van der Waals surface area contributed by atoms with Gasteiger partial charge >= 0.3 is 5.97 Å². The number of imidazole rings is 1. The molecular formula is C69H105BrN9O23+. The van der Waals surface area contributed by atoms with Crippen LogP contribution >= 0.6 is 15.9 Å². The predicted molar refractivity (Wildman–Crippen MR) is 377 cm³/mol. The molecule has 1 aliphatic heterocycles. The van der Waals surface area contributed by atoms with Gasteiger partial charge in [0.05, 0.1) is 208 Å². The Morgan fingerprint density at radius 1 is 0.608 bits per heavy atom. The Balaban J connectivity index is 0.777. The number of anilines is 2. The lowest BCUT2D eigenvalue weighted by Crippen LogP contribution is -2.60. The number of aliphatic hydroxyl groups excluding tert-OH is 4. The fourth-order valence-electron chi connectivity index (χ4n) is 10.5. The van der Waals surface area contributed by atoms with Gasteiger partial charge in [0.25, 0.3) is 0 Å². The van der Waals surface area contributed by atoms with Gasteiger partial charge < -0.3 is 128 Å². The monoisotopic (exact) mass is 1510 g/mol. The van der Waals surface area contributed by atoms with E-state index in [1.165, 1.54) is 12.1 Å². The number of benzene rings is 3. The number of rotatable bonds is 56. The van der Waals surface area contributed by atoms with E-state index in [0.29, 0.717) is 222 Å². The lowest BCUT2D eigenvalue weighted by Gasteiger charge is -2.39. The van der Waals surface area contributed by atoms with Crippen LogP contribution in [0.4, 0.5) is 11.5 Å². The van der Waals surface area contributed by atoms with Crippen LogP contribution in [0.5, 0.6) is 5.75 Å². The number of nitrogens with two attached hydrogens (primary N) is 2. The molecule has 12 N–H and O–H groups in total. The highest BCUT2D eigenvalue weighted by atomic mass is 79.9. The summed E-state index contributed by atoms with van der Waals surface area (Å²) in [6.07, 6.45) is -6.33. The van der Waals surface area contributed by atoms with Crippen LogP contribution in [0.2, 0.25) is 0 Å². The number of carboxylic acids is 1. The van der Waals surface area contributed by atoms with E-state index in [9.17, 15) is 44.7 Å². The number of carbonyl (C=O) groups is 4. The van der Waals surface area contributed by atoms with Crippen molar-refractivity contribution in [1.82, 2.24) is 25.2 Å². The molecule has 3 heterocycles. The Morgan fingerprint density at radius 2 is 1.12 bits per heavy atom. The van der Waals surface area contributed by atoms with Crippen molar-refractivity contribution in [3.8, 4) is 5.75 Å². The van der Waals surface area contributed by atoms with Crippen LogP contribution in [0.1, 0.15) is 59.2 Å². The lowest BCUT2D eigenvalue weighted by atomic mass is 9.99. The number of aromatic nitrogens is 3. The third-order valence-electron chi connectivity index (χ3n) is 15.8. The quantitative estimate of drug-likeness (QED) is 0.0196. The molecule has 0 radical (unpaired) electrons. The molecule has 3 amide bonds. The van der Waals surface area contributed by atoms with Crippen LogP contribution < -0.4 is 32.2 Å². The van der Waals surface area contributed by atoms with Gasteiger partial charge in [0, 0.05) is 49.6 Å². The van der Waals surface area contributed by atoms with Gasteiger partial charge in [-0.25, -0.2) is 14.8 Å². The molecule has 0 saturated carbocycles. The molecule has 1 aliphatic rings. The number of hydrogen-bond acceptors (Lipinski definition) is 26. The van der Waals surface area contributed by atoms with Crippen molar-refractivity contribution < 1.29 is 116 Å². The molecule has 4 unspecified atom stereocenters. The van der Waals surface area contributed by atoms with E-state index in [1.807, 2.05) is 42.9 Å². The number of ether oxygens (including phenoxy) is 14. The Morgan fingerprint density at radius 3 is 1.65 bits per heavy atom. The third-order valence-corrected chi connectivity index (χ3v) is 16.4. The number of pyridine rings is 1. The molecule has 0 spiro atoms. The molecule has 102 heavy (non-hydrogen) atoms. The molecule has 6 atom stereocenters. The van der Waals surface area contributed by atoms with Gasteiger partial charge in [-0.15, -0.1) is 0 Å². The minimum Gasteiger partial charge on any atom is -0.478 e. The normalized spacial score (nSPS) is 16.6. The summed E-state index contributed by atoms with van der Waals surface area (Å²) in [4.78, 5) is 59.6. The SMILES string of the molecule is COCCOCCOCCOCCOCCOCCOCCOCCOCCOCCOCCOCCC(=O)NCCCCC(N)C(=O)NCCC(=O)Nc1cc(C[N+](C)(C)Cc2ccc(Cn3c(Br)nc4c(N)nc5cc(C(=O)O)ccc5c43)cc2)ccc1O[C@H]1OC(CO)[C@@H](O)C(O)C1O. The van der Waals surface area contributed by atoms with E-state index in [-0.39, 0.29) is 54.7 Å². The maximum absolute atomic E-state index is 13.6. The first-order chi connectivity index (χ1) is 49.4. The minimum absolute atomic E-state index is 0.0495. The van der Waals surface area contributed by atoms with Gasteiger partial charge in [-0.2, -0.15) is 0 Å². The molecule has 32 nitrogen and oxygen atoms in total. The molecule has 5 aromatic rings. The van der Waals surface area contributed by atoms with Crippen molar-refractivity contribution in [2.75, 3.05) is 204 Å². The van der Waals surface area contributed by atoms with Gasteiger partial charge in [-0.3, -0.25) is 14.4 Å². The molecule has 1 fully saturated rings. The molecule has 0 bridgehead atoms. The van der Waals surface area contributed by atoms with Gasteiger partial charge in [-0.05, 0) is 77.2 Å². The highest BCUT2D eigenvalue weighted by Gasteiger charge is 2.45. The first-order valence-electron chi connectivity index (χ1n) is 34.3. The van der Waals surface area contributed by atoms with E-state index in [0.717, 1.165) is 16.7 Å². The Kier molecular flexibility index (Phi) is 39.8. The number of nitrogens with zero attached hydrogens (tertiary/aromatic N) is 4. The van der Waals surface area contributed by atoms with Crippen LogP contribution in [0, 0.1) is 0 Å². The summed E-state index contributed by atoms with van der Waals surface area (Å²) in [6.45, 7) is 11.5. The molecule has 33 heteroatoms. The van der Waals surface area contributed by atoms with E-state index in [4.69, 9.17) is 77.8 Å². The fourth-order valence-corrected chi connectivity index (χ4v) is 11.0. The molecule has 3 aromatic carbocycles. The summed E-state index contributed by atoms with van der Waals surface area (Å²) in [5, 5.41) is 60.2. The molecule has 6 rings (SSSR count). The number of aliphatic hydroxyl groups is 4. The summed E-state index contributed by atoms with van der Waals surface area (Å²) >= 11 is 3.58. The molecule has 2 aromatic heterocycles. The van der Waals surface area contributed by atoms with Crippen LogP contribution in [-0.2, 0) is 95.6 Å². The summed E-state index contributed by atoms with van der Waals surface area (Å²) in [5.74, 6) is -1.95. The topological polar surface area (TPSA) is 417 Å². The number of aromatic carboxylic acids is 1. The number of carboxylic acid groups (broad SMARTS) is 1. The lowest BCUT2D eigenvalue weighted by molar-refractivity contribution is -0.916. The number of carbonyl (C=O) groups excluding carboxylic acids is 3. The fraction of sp³-hybridized carbons (Fsp3) is 0.623. The maximum Gasteiger partial charge on any atom is 0.335 e. The highest BCUT2D eigenvalue weighted by Crippen LogP contribution is 2.34. The second-order valence-electron chi connectivity index (χ2n) is 24.4. The average Bonchev–Trinajstić information content (AvgIpc) is 1.57. The Labute approximate surface area is 602 Å². The van der Waals surface area contributed by atoms with Crippen molar-refractivity contribution in [3.63, 3.8) is 0 Å². The highest BCUT2D eigenvalue weighted by molar-refractivity contribution is 9.10. The zero-order valence-corrected chi connectivity index (χ0v) is 60.3. The van der Waals surface area contributed by atoms with Crippen molar-refractivity contribution in [2.45, 2.75) is 88.5 Å². The predicted octanol–water partition coefficient (Wildman–Crippen LogP) is 1.91. The van der Waals surface area contributed by atoms with Crippen LogP contribution in [0.3, 0.4) is 0 Å². The maximum atomic E-state index is 13.6. The second kappa shape index (κ2) is 48.0. The van der Waals surface area contributed by atoms with E-state index in [2.05, 4.69) is 41.8 Å². The third kappa shape index (κ3) is 31.2. The number of unbranched alkanes of at least 4 members (excludes halogenated alkanes) is 1. The Hall–Kier alpha value is -6.26. The van der Waals surface area contributed by atoms with Gasteiger partial charge in [-0.1, -0.05) is 24.3 Å². The van der Waals surface area contributed by atoms with Gasteiger partial charge in [0.1, 0.15) is 48.8 Å². The zero-order valence-electron chi connectivity index (χ0n) is 58.7. The number of methoxy groups -OCH3 is 1. The summed E-state index contributed by atoms with van der Waals surface area (Å²) in [6, 6.07) is 17.0. The first-order valence-corrected chi connectivity index (χ1v) is 35.1. The largest absolute Gasteiger partial charge is 0.478 e. The molecule has 570 valence electrons. The first kappa shape index (κ1) is 84.7. The summed E-state index contributed by atoms with van der Waals surface area (Å²) in [7, 11) is 5.73. The number of hydrogen-bond donors (Lipinski definition) is 10. The van der Waals surface area contributed by atoms with E-state index in [1.54, 1.807) is 31.4 Å².